The molecule has 4 rings (SSSR count). The van der Waals surface area contributed by atoms with E-state index in [9.17, 15) is 17.6 Å². The van der Waals surface area contributed by atoms with Crippen molar-refractivity contribution < 1.29 is 22.0 Å². The average Bonchev–Trinajstić information content (AvgIpc) is 3.30. The molecule has 0 aliphatic carbocycles. The van der Waals surface area contributed by atoms with Crippen LogP contribution in [0.4, 0.5) is 14.5 Å². The number of fused-ring (bicyclic) bond motifs is 1. The maximum atomic E-state index is 15.1. The fourth-order valence-electron chi connectivity index (χ4n) is 2.89. The van der Waals surface area contributed by atoms with Crippen LogP contribution >= 0.6 is 22.9 Å². The van der Waals surface area contributed by atoms with E-state index in [4.69, 9.17) is 11.6 Å². The van der Waals surface area contributed by atoms with Crippen molar-refractivity contribution >= 4 is 55.5 Å². The van der Waals surface area contributed by atoms with Crippen molar-refractivity contribution in [1.29, 1.82) is 0 Å². The Labute approximate surface area is 178 Å². The molecule has 3 aromatic heterocycles. The van der Waals surface area contributed by atoms with Crippen molar-refractivity contribution in [1.82, 2.24) is 9.97 Å². The minimum Gasteiger partial charge on any atom is -0.345 e. The Bertz CT molecular complexity index is 1410. The first-order valence-corrected chi connectivity index (χ1v) is 11.1. The van der Waals surface area contributed by atoms with E-state index in [0.29, 0.717) is 5.65 Å². The number of hydrogen-bond donors (Lipinski definition) is 2. The number of carbonyl (C=O) groups is 1. The first kappa shape index (κ1) is 20.5. The van der Waals surface area contributed by atoms with Gasteiger partial charge in [0.05, 0.1) is 16.3 Å². The van der Waals surface area contributed by atoms with E-state index in [1.54, 1.807) is 13.0 Å². The first-order valence-electron chi connectivity index (χ1n) is 8.42. The highest BCUT2D eigenvalue weighted by Crippen LogP contribution is 2.30. The minimum atomic E-state index is -4.10. The van der Waals surface area contributed by atoms with Gasteiger partial charge in [0.25, 0.3) is 10.0 Å². The standard InChI is InChI=1S/C19H12ClF2N3O3S2/c1-9-2-5-15(29-9)30(27,28)25-14-4-3-13(21)16(17(14)22)18(26)12-8-24-19-11(12)6-10(20)7-23-19/h2-8,25H,1H3,(H,23,24). The van der Waals surface area contributed by atoms with Crippen LogP contribution in [-0.4, -0.2) is 24.2 Å². The van der Waals surface area contributed by atoms with Crippen molar-refractivity contribution in [2.45, 2.75) is 11.1 Å². The second-order valence-electron chi connectivity index (χ2n) is 6.34. The third kappa shape index (κ3) is 3.57. The van der Waals surface area contributed by atoms with Crippen molar-refractivity contribution in [3.63, 3.8) is 0 Å². The van der Waals surface area contributed by atoms with E-state index in [0.717, 1.165) is 28.3 Å². The van der Waals surface area contributed by atoms with Gasteiger partial charge in [-0.25, -0.2) is 22.2 Å². The summed E-state index contributed by atoms with van der Waals surface area (Å²) >= 11 is 6.90. The number of nitrogens with one attached hydrogen (secondary N) is 2. The number of thiophene rings is 1. The highest BCUT2D eigenvalue weighted by atomic mass is 35.5. The molecule has 154 valence electrons. The molecule has 1 aromatic carbocycles. The maximum absolute atomic E-state index is 15.1. The number of hydrogen-bond acceptors (Lipinski definition) is 5. The summed E-state index contributed by atoms with van der Waals surface area (Å²) in [5.74, 6) is -3.42. The predicted molar refractivity (Wildman–Crippen MR) is 111 cm³/mol. The zero-order chi connectivity index (χ0) is 21.6. The summed E-state index contributed by atoms with van der Waals surface area (Å²) in [5.41, 5.74) is -1.17. The first-order chi connectivity index (χ1) is 14.2. The molecule has 4 aromatic rings. The number of halogens is 3. The van der Waals surface area contributed by atoms with Gasteiger partial charge in [0.15, 0.2) is 5.82 Å². The molecule has 0 aliphatic rings. The number of H-pyrrole nitrogens is 1. The molecule has 0 unspecified atom stereocenters. The maximum Gasteiger partial charge on any atom is 0.271 e. The topological polar surface area (TPSA) is 91.9 Å². The van der Waals surface area contributed by atoms with Crippen LogP contribution in [-0.2, 0) is 10.0 Å². The Morgan fingerprint density at radius 2 is 2.00 bits per heavy atom. The number of aromatic amines is 1. The van der Waals surface area contributed by atoms with Gasteiger partial charge in [-0.1, -0.05) is 11.6 Å². The molecule has 0 amide bonds. The van der Waals surface area contributed by atoms with Gasteiger partial charge in [0, 0.05) is 28.2 Å². The van der Waals surface area contributed by atoms with Gasteiger partial charge in [-0.15, -0.1) is 11.3 Å². The van der Waals surface area contributed by atoms with E-state index < -0.39 is 38.7 Å². The number of ketones is 1. The van der Waals surface area contributed by atoms with Crippen molar-refractivity contribution in [3.8, 4) is 0 Å². The van der Waals surface area contributed by atoms with Crippen LogP contribution in [0.25, 0.3) is 11.0 Å². The van der Waals surface area contributed by atoms with Crippen LogP contribution in [0, 0.1) is 18.6 Å². The number of sulfonamides is 1. The molecule has 2 N–H and O–H groups in total. The van der Waals surface area contributed by atoms with Crippen LogP contribution in [0.3, 0.4) is 0 Å². The van der Waals surface area contributed by atoms with Gasteiger partial charge in [0.2, 0.25) is 5.78 Å². The molecule has 0 radical (unpaired) electrons. The second-order valence-corrected chi connectivity index (χ2v) is 9.97. The van der Waals surface area contributed by atoms with E-state index in [2.05, 4.69) is 14.7 Å². The molecule has 0 spiro atoms. The Morgan fingerprint density at radius 1 is 1.23 bits per heavy atom. The summed E-state index contributed by atoms with van der Waals surface area (Å²) in [5, 5.41) is 0.524. The molecular weight excluding hydrogens is 456 g/mol. The molecule has 0 atom stereocenters. The van der Waals surface area contributed by atoms with Crippen LogP contribution in [0.15, 0.2) is 46.9 Å². The molecule has 0 fully saturated rings. The van der Waals surface area contributed by atoms with Gasteiger partial charge in [-0.3, -0.25) is 9.52 Å². The number of benzene rings is 1. The van der Waals surface area contributed by atoms with Crippen LogP contribution in [0.2, 0.25) is 5.02 Å². The van der Waals surface area contributed by atoms with Gasteiger partial charge < -0.3 is 4.98 Å². The lowest BCUT2D eigenvalue weighted by Gasteiger charge is -2.11. The Hall–Kier alpha value is -2.82. The lowest BCUT2D eigenvalue weighted by Crippen LogP contribution is -2.15. The molecule has 30 heavy (non-hydrogen) atoms. The summed E-state index contributed by atoms with van der Waals surface area (Å²) in [6.07, 6.45) is 2.62. The smallest absolute Gasteiger partial charge is 0.271 e. The molecule has 6 nitrogen and oxygen atoms in total. The number of nitrogens with zero attached hydrogens (tertiary/aromatic N) is 1. The van der Waals surface area contributed by atoms with E-state index >= 15 is 4.39 Å². The quantitative estimate of drug-likeness (QED) is 0.408. The normalized spacial score (nSPS) is 11.7. The number of carbonyl (C=O) groups excluding carboxylic acids is 1. The number of pyridine rings is 1. The van der Waals surface area contributed by atoms with Crippen LogP contribution < -0.4 is 4.72 Å². The fraction of sp³-hybridized carbons (Fsp3) is 0.0526. The van der Waals surface area contributed by atoms with Gasteiger partial charge in [-0.05, 0) is 37.3 Å². The largest absolute Gasteiger partial charge is 0.345 e. The van der Waals surface area contributed by atoms with E-state index in [1.165, 1.54) is 24.5 Å². The summed E-state index contributed by atoms with van der Waals surface area (Å²) in [6, 6.07) is 6.17. The fourth-order valence-corrected chi connectivity index (χ4v) is 5.39. The van der Waals surface area contributed by atoms with Gasteiger partial charge in [0.1, 0.15) is 15.7 Å². The van der Waals surface area contributed by atoms with Crippen LogP contribution in [0.1, 0.15) is 20.8 Å². The number of aryl methyl sites for hydroxylation is 1. The average molecular weight is 468 g/mol. The Kier molecular flexibility index (Phi) is 5.08. The van der Waals surface area contributed by atoms with Crippen molar-refractivity contribution in [2.75, 3.05) is 4.72 Å². The molecule has 0 bridgehead atoms. The second kappa shape index (κ2) is 7.46. The summed E-state index contributed by atoms with van der Waals surface area (Å²) in [7, 11) is -4.10. The number of aromatic nitrogens is 2. The summed E-state index contributed by atoms with van der Waals surface area (Å²) in [6.45, 7) is 1.72. The minimum absolute atomic E-state index is 0.0334. The SMILES string of the molecule is Cc1ccc(S(=O)(=O)Nc2ccc(F)c(C(=O)c3c[nH]c4ncc(Cl)cc34)c2F)s1. The monoisotopic (exact) mass is 467 g/mol. The summed E-state index contributed by atoms with van der Waals surface area (Å²) in [4.78, 5) is 20.4. The number of anilines is 1. The third-order valence-corrected chi connectivity index (χ3v) is 7.35. The highest BCUT2D eigenvalue weighted by Gasteiger charge is 2.26. The van der Waals surface area contributed by atoms with Crippen molar-refractivity contribution in [3.05, 3.63) is 75.4 Å². The predicted octanol–water partition coefficient (Wildman–Crippen LogP) is 4.90. The Morgan fingerprint density at radius 3 is 2.70 bits per heavy atom. The molecular formula is C19H12ClF2N3O3S2. The molecule has 0 saturated carbocycles. The summed E-state index contributed by atoms with van der Waals surface area (Å²) < 4.78 is 56.5. The van der Waals surface area contributed by atoms with Gasteiger partial charge in [-0.2, -0.15) is 0 Å². The van der Waals surface area contributed by atoms with Gasteiger partial charge >= 0.3 is 0 Å². The highest BCUT2D eigenvalue weighted by molar-refractivity contribution is 7.94. The van der Waals surface area contributed by atoms with Crippen molar-refractivity contribution in [2.24, 2.45) is 0 Å². The van der Waals surface area contributed by atoms with E-state index in [-0.39, 0.29) is 20.2 Å². The lowest BCUT2D eigenvalue weighted by molar-refractivity contribution is 0.103. The molecule has 0 aliphatic heterocycles. The van der Waals surface area contributed by atoms with E-state index in [1.807, 2.05) is 0 Å². The third-order valence-electron chi connectivity index (χ3n) is 4.29. The Balaban J connectivity index is 1.78. The number of rotatable bonds is 5. The lowest BCUT2D eigenvalue weighted by atomic mass is 10.0. The molecule has 3 heterocycles. The van der Waals surface area contributed by atoms with Crippen LogP contribution in [0.5, 0.6) is 0 Å². The zero-order valence-corrected chi connectivity index (χ0v) is 17.6. The molecule has 0 saturated heterocycles. The molecule has 11 heteroatoms. The zero-order valence-electron chi connectivity index (χ0n) is 15.2.